The summed E-state index contributed by atoms with van der Waals surface area (Å²) in [5.41, 5.74) is 8.38. The van der Waals surface area contributed by atoms with Crippen LogP contribution in [0.25, 0.3) is 0 Å². The number of hydrogen-bond acceptors (Lipinski definition) is 2. The molecule has 4 heteroatoms. The zero-order valence-electron chi connectivity index (χ0n) is 8.49. The molecule has 1 unspecified atom stereocenters. The van der Waals surface area contributed by atoms with Crippen LogP contribution in [0, 0.1) is 0 Å². The zero-order chi connectivity index (χ0) is 11.5. The summed E-state index contributed by atoms with van der Waals surface area (Å²) in [5, 5.41) is 5.28. The summed E-state index contributed by atoms with van der Waals surface area (Å²) in [4.78, 5) is 0. The first kappa shape index (κ1) is 11.9. The first-order chi connectivity index (χ1) is 7.66. The molecule has 0 spiro atoms. The van der Waals surface area contributed by atoms with Crippen molar-refractivity contribution in [2.24, 2.45) is 5.73 Å². The van der Waals surface area contributed by atoms with Crippen molar-refractivity contribution in [3.8, 4) is 0 Å². The van der Waals surface area contributed by atoms with Gasteiger partial charge in [0.1, 0.15) is 0 Å². The van der Waals surface area contributed by atoms with Crippen molar-refractivity contribution in [2.75, 3.05) is 0 Å². The SMILES string of the molecule is NC(Cc1ccsc1)c1ccc(Cl)c(Cl)c1. The van der Waals surface area contributed by atoms with Crippen LogP contribution in [0.1, 0.15) is 17.2 Å². The minimum atomic E-state index is -0.0376. The fraction of sp³-hybridized carbons (Fsp3) is 0.167. The second-order valence-electron chi connectivity index (χ2n) is 3.62. The molecule has 1 atom stereocenters. The largest absolute Gasteiger partial charge is 0.324 e. The van der Waals surface area contributed by atoms with Crippen LogP contribution in [0.3, 0.4) is 0 Å². The first-order valence-corrected chi connectivity index (χ1v) is 6.58. The Hall–Kier alpha value is -0.540. The molecule has 0 aliphatic rings. The highest BCUT2D eigenvalue weighted by Crippen LogP contribution is 2.26. The van der Waals surface area contributed by atoms with E-state index in [2.05, 4.69) is 16.8 Å². The van der Waals surface area contributed by atoms with Gasteiger partial charge in [0.05, 0.1) is 10.0 Å². The van der Waals surface area contributed by atoms with Gasteiger partial charge in [0.25, 0.3) is 0 Å². The van der Waals surface area contributed by atoms with Gasteiger partial charge in [-0.05, 0) is 46.5 Å². The third kappa shape index (κ3) is 2.77. The molecule has 2 aromatic rings. The van der Waals surface area contributed by atoms with Gasteiger partial charge in [0, 0.05) is 6.04 Å². The molecule has 2 N–H and O–H groups in total. The minimum absolute atomic E-state index is 0.0376. The fourth-order valence-corrected chi connectivity index (χ4v) is 2.51. The molecule has 0 fully saturated rings. The lowest BCUT2D eigenvalue weighted by molar-refractivity contribution is 0.724. The quantitative estimate of drug-likeness (QED) is 0.885. The maximum Gasteiger partial charge on any atom is 0.0595 e. The highest BCUT2D eigenvalue weighted by molar-refractivity contribution is 7.07. The van der Waals surface area contributed by atoms with E-state index in [0.29, 0.717) is 10.0 Å². The van der Waals surface area contributed by atoms with Gasteiger partial charge >= 0.3 is 0 Å². The van der Waals surface area contributed by atoms with E-state index in [1.54, 1.807) is 17.4 Å². The van der Waals surface area contributed by atoms with Gasteiger partial charge in [0.2, 0.25) is 0 Å². The van der Waals surface area contributed by atoms with E-state index >= 15 is 0 Å². The lowest BCUT2D eigenvalue weighted by Crippen LogP contribution is -2.12. The van der Waals surface area contributed by atoms with Gasteiger partial charge in [-0.3, -0.25) is 0 Å². The fourth-order valence-electron chi connectivity index (χ4n) is 1.52. The maximum atomic E-state index is 6.11. The molecule has 0 aliphatic heterocycles. The van der Waals surface area contributed by atoms with Gasteiger partial charge in [-0.25, -0.2) is 0 Å². The number of halogens is 2. The smallest absolute Gasteiger partial charge is 0.0595 e. The number of rotatable bonds is 3. The molecular weight excluding hydrogens is 261 g/mol. The van der Waals surface area contributed by atoms with Crippen LogP contribution < -0.4 is 5.73 Å². The van der Waals surface area contributed by atoms with Crippen LogP contribution >= 0.6 is 34.5 Å². The van der Waals surface area contributed by atoms with Crippen LogP contribution in [-0.2, 0) is 6.42 Å². The topological polar surface area (TPSA) is 26.0 Å². The van der Waals surface area contributed by atoms with Crippen molar-refractivity contribution < 1.29 is 0 Å². The van der Waals surface area contributed by atoms with Gasteiger partial charge in [-0.2, -0.15) is 11.3 Å². The van der Waals surface area contributed by atoms with Crippen molar-refractivity contribution in [2.45, 2.75) is 12.5 Å². The highest BCUT2D eigenvalue weighted by atomic mass is 35.5. The molecule has 0 saturated carbocycles. The summed E-state index contributed by atoms with van der Waals surface area (Å²) in [6.45, 7) is 0. The molecule has 16 heavy (non-hydrogen) atoms. The number of nitrogens with two attached hydrogens (primary N) is 1. The van der Waals surface area contributed by atoms with Crippen LogP contribution in [-0.4, -0.2) is 0 Å². The lowest BCUT2D eigenvalue weighted by Gasteiger charge is -2.11. The number of benzene rings is 1. The summed E-state index contributed by atoms with van der Waals surface area (Å²) < 4.78 is 0. The molecule has 84 valence electrons. The van der Waals surface area contributed by atoms with Crippen LogP contribution in [0.5, 0.6) is 0 Å². The second-order valence-corrected chi connectivity index (χ2v) is 5.21. The van der Waals surface area contributed by atoms with Crippen molar-refractivity contribution in [1.82, 2.24) is 0 Å². The normalized spacial score (nSPS) is 12.7. The standard InChI is InChI=1S/C12H11Cl2NS/c13-10-2-1-9(6-11(10)14)12(15)5-8-3-4-16-7-8/h1-4,6-7,12H,5,15H2. The average molecular weight is 272 g/mol. The van der Waals surface area contributed by atoms with Crippen molar-refractivity contribution in [3.05, 3.63) is 56.2 Å². The Kier molecular flexibility index (Phi) is 3.87. The van der Waals surface area contributed by atoms with Gasteiger partial charge in [-0.15, -0.1) is 0 Å². The zero-order valence-corrected chi connectivity index (χ0v) is 10.8. The Balaban J connectivity index is 2.14. The number of thiophene rings is 1. The second kappa shape index (κ2) is 5.19. The van der Waals surface area contributed by atoms with Crippen molar-refractivity contribution in [3.63, 3.8) is 0 Å². The van der Waals surface area contributed by atoms with E-state index in [9.17, 15) is 0 Å². The van der Waals surface area contributed by atoms with E-state index in [4.69, 9.17) is 28.9 Å². The van der Waals surface area contributed by atoms with Crippen molar-refractivity contribution >= 4 is 34.5 Å². The third-order valence-electron chi connectivity index (χ3n) is 2.41. The van der Waals surface area contributed by atoms with E-state index in [1.807, 2.05) is 12.1 Å². The van der Waals surface area contributed by atoms with Gasteiger partial charge < -0.3 is 5.73 Å². The van der Waals surface area contributed by atoms with Crippen LogP contribution in [0.15, 0.2) is 35.0 Å². The molecule has 0 saturated heterocycles. The highest BCUT2D eigenvalue weighted by Gasteiger charge is 2.09. The summed E-state index contributed by atoms with van der Waals surface area (Å²) in [6, 6.07) is 7.59. The molecule has 1 aromatic heterocycles. The third-order valence-corrected chi connectivity index (χ3v) is 3.88. The lowest BCUT2D eigenvalue weighted by atomic mass is 10.0. The summed E-state index contributed by atoms with van der Waals surface area (Å²) >= 11 is 13.5. The molecule has 1 aromatic carbocycles. The Morgan fingerprint density at radius 2 is 2.00 bits per heavy atom. The Morgan fingerprint density at radius 3 is 2.62 bits per heavy atom. The molecule has 0 bridgehead atoms. The van der Waals surface area contributed by atoms with Crippen LogP contribution in [0.4, 0.5) is 0 Å². The van der Waals surface area contributed by atoms with Gasteiger partial charge in [0.15, 0.2) is 0 Å². The van der Waals surface area contributed by atoms with Crippen molar-refractivity contribution in [1.29, 1.82) is 0 Å². The summed E-state index contributed by atoms with van der Waals surface area (Å²) in [7, 11) is 0. The van der Waals surface area contributed by atoms with E-state index in [0.717, 1.165) is 12.0 Å². The monoisotopic (exact) mass is 271 g/mol. The van der Waals surface area contributed by atoms with E-state index in [1.165, 1.54) is 5.56 Å². The van der Waals surface area contributed by atoms with Gasteiger partial charge in [-0.1, -0.05) is 29.3 Å². The summed E-state index contributed by atoms with van der Waals surface area (Å²) in [6.07, 6.45) is 0.821. The first-order valence-electron chi connectivity index (χ1n) is 4.88. The molecular formula is C12H11Cl2NS. The molecule has 1 nitrogen and oxygen atoms in total. The molecule has 0 aliphatic carbocycles. The summed E-state index contributed by atoms with van der Waals surface area (Å²) in [5.74, 6) is 0. The Labute approximate surface area is 109 Å². The molecule has 0 radical (unpaired) electrons. The molecule has 2 rings (SSSR count). The molecule has 0 amide bonds. The Bertz CT molecular complexity index is 468. The van der Waals surface area contributed by atoms with Crippen LogP contribution in [0.2, 0.25) is 10.0 Å². The Morgan fingerprint density at radius 1 is 1.19 bits per heavy atom. The maximum absolute atomic E-state index is 6.11. The minimum Gasteiger partial charge on any atom is -0.324 e. The molecule has 1 heterocycles. The predicted octanol–water partition coefficient (Wildman–Crippen LogP) is 4.30. The van der Waals surface area contributed by atoms with E-state index < -0.39 is 0 Å². The number of hydrogen-bond donors (Lipinski definition) is 1. The average Bonchev–Trinajstić information content (AvgIpc) is 2.74. The van der Waals surface area contributed by atoms with E-state index in [-0.39, 0.29) is 6.04 Å². The predicted molar refractivity (Wildman–Crippen MR) is 71.4 cm³/mol.